The molecule has 2 heterocycles. The summed E-state index contributed by atoms with van der Waals surface area (Å²) in [5.74, 6) is -3.33. The standard InChI is InChI=1S/C32H46FN5O6S/c1-3-5-6-7-8-15-28(40)45-19-12-10-13-23-20-27(39)35-21-22-16-17-24(33)29(36-22)31(42)37-25(4-2)30(41)38-26(32(43)44-23)14-9-11-18-34/h4,10,13,16-17,23,26H,3,5-9,11-12,14-15,18-21,34H2,1-2H3,(H,35,39)(H,37,42)(H,38,41)/b13-10+,25-4-/t23-,26+/m1/s1. The first-order chi connectivity index (χ1) is 21.7. The lowest BCUT2D eigenvalue weighted by molar-refractivity contribution is -0.152. The van der Waals surface area contributed by atoms with E-state index in [-0.39, 0.29) is 35.9 Å². The van der Waals surface area contributed by atoms with Crippen molar-refractivity contribution in [2.45, 2.75) is 103 Å². The van der Waals surface area contributed by atoms with Gasteiger partial charge in [0.2, 0.25) is 5.91 Å². The number of thioether (sulfide) groups is 1. The summed E-state index contributed by atoms with van der Waals surface area (Å²) in [6, 6.07) is 1.27. The summed E-state index contributed by atoms with van der Waals surface area (Å²) in [7, 11) is 0. The van der Waals surface area contributed by atoms with Gasteiger partial charge in [-0.1, -0.05) is 56.5 Å². The average Bonchev–Trinajstić information content (AvgIpc) is 3.01. The predicted octanol–water partition coefficient (Wildman–Crippen LogP) is 3.97. The Morgan fingerprint density at radius 2 is 1.89 bits per heavy atom. The topological polar surface area (TPSA) is 170 Å². The zero-order valence-electron chi connectivity index (χ0n) is 26.2. The van der Waals surface area contributed by atoms with Crippen molar-refractivity contribution in [3.8, 4) is 0 Å². The Balaban J connectivity index is 2.19. The van der Waals surface area contributed by atoms with Crippen molar-refractivity contribution in [2.24, 2.45) is 5.73 Å². The quantitative estimate of drug-likeness (QED) is 0.101. The van der Waals surface area contributed by atoms with E-state index >= 15 is 0 Å². The highest BCUT2D eigenvalue weighted by Crippen LogP contribution is 2.15. The highest BCUT2D eigenvalue weighted by molar-refractivity contribution is 8.13. The fourth-order valence-electron chi connectivity index (χ4n) is 4.42. The van der Waals surface area contributed by atoms with Gasteiger partial charge in [-0.3, -0.25) is 19.2 Å². The molecular formula is C32H46FN5O6S. The molecule has 0 spiro atoms. The largest absolute Gasteiger partial charge is 0.456 e. The van der Waals surface area contributed by atoms with Crippen LogP contribution in [-0.2, 0) is 30.5 Å². The number of rotatable bonds is 14. The van der Waals surface area contributed by atoms with Gasteiger partial charge in [0.05, 0.1) is 18.7 Å². The molecule has 248 valence electrons. The number of halogens is 1. The van der Waals surface area contributed by atoms with Crippen LogP contribution >= 0.6 is 11.8 Å². The number of amides is 3. The van der Waals surface area contributed by atoms with E-state index in [0.717, 1.165) is 31.7 Å². The Bertz CT molecular complexity index is 1220. The number of carbonyl (C=O) groups excluding carboxylic acids is 5. The Morgan fingerprint density at radius 3 is 2.62 bits per heavy atom. The molecule has 45 heavy (non-hydrogen) atoms. The lowest BCUT2D eigenvalue weighted by Gasteiger charge is -2.22. The van der Waals surface area contributed by atoms with Crippen LogP contribution in [0.2, 0.25) is 0 Å². The molecule has 2 rings (SSSR count). The number of unbranched alkanes of at least 4 members (excludes halogenated alkanes) is 5. The average molecular weight is 648 g/mol. The van der Waals surface area contributed by atoms with Gasteiger partial charge in [0.25, 0.3) is 11.8 Å². The van der Waals surface area contributed by atoms with Crippen LogP contribution in [0.25, 0.3) is 0 Å². The first-order valence-corrected chi connectivity index (χ1v) is 16.6. The van der Waals surface area contributed by atoms with Gasteiger partial charge in [-0.2, -0.15) is 0 Å². The summed E-state index contributed by atoms with van der Waals surface area (Å²) in [5, 5.41) is 7.72. The maximum absolute atomic E-state index is 14.5. The van der Waals surface area contributed by atoms with E-state index in [4.69, 9.17) is 10.5 Å². The molecule has 1 aromatic heterocycles. The minimum Gasteiger partial charge on any atom is -0.456 e. The Kier molecular flexibility index (Phi) is 17.7. The summed E-state index contributed by atoms with van der Waals surface area (Å²) in [6.07, 6.45) is 11.2. The molecule has 13 heteroatoms. The second-order valence-electron chi connectivity index (χ2n) is 10.7. The molecular weight excluding hydrogens is 601 g/mol. The van der Waals surface area contributed by atoms with Crippen LogP contribution in [0.15, 0.2) is 36.1 Å². The zero-order chi connectivity index (χ0) is 33.0. The summed E-state index contributed by atoms with van der Waals surface area (Å²) < 4.78 is 20.2. The van der Waals surface area contributed by atoms with Crippen LogP contribution in [0.3, 0.4) is 0 Å². The van der Waals surface area contributed by atoms with Crippen LogP contribution in [0.1, 0.15) is 101 Å². The van der Waals surface area contributed by atoms with E-state index in [1.54, 1.807) is 12.2 Å². The van der Waals surface area contributed by atoms with Crippen LogP contribution in [0.4, 0.5) is 4.39 Å². The molecule has 1 aliphatic heterocycles. The number of pyridine rings is 1. The molecule has 0 fully saturated rings. The van der Waals surface area contributed by atoms with Gasteiger partial charge in [0.15, 0.2) is 16.6 Å². The Hall–Kier alpha value is -3.58. The number of allylic oxidation sites excluding steroid dienone is 2. The lowest BCUT2D eigenvalue weighted by atomic mass is 10.1. The van der Waals surface area contributed by atoms with Crippen molar-refractivity contribution in [1.82, 2.24) is 20.9 Å². The minimum atomic E-state index is -1.11. The second-order valence-corrected chi connectivity index (χ2v) is 11.8. The summed E-state index contributed by atoms with van der Waals surface area (Å²) in [6.45, 7) is 3.92. The smallest absolute Gasteiger partial charge is 0.329 e. The maximum atomic E-state index is 14.5. The Morgan fingerprint density at radius 1 is 1.11 bits per heavy atom. The fourth-order valence-corrected chi connectivity index (χ4v) is 5.19. The van der Waals surface area contributed by atoms with Crippen LogP contribution in [0, 0.1) is 5.82 Å². The van der Waals surface area contributed by atoms with Crippen molar-refractivity contribution in [1.29, 1.82) is 0 Å². The minimum absolute atomic E-state index is 0.111. The van der Waals surface area contributed by atoms with E-state index < -0.39 is 47.3 Å². The van der Waals surface area contributed by atoms with Gasteiger partial charge >= 0.3 is 5.97 Å². The van der Waals surface area contributed by atoms with Crippen molar-refractivity contribution in [3.63, 3.8) is 0 Å². The van der Waals surface area contributed by atoms with Crippen LogP contribution in [-0.4, -0.2) is 58.2 Å². The molecule has 2 atom stereocenters. The van der Waals surface area contributed by atoms with E-state index in [1.165, 1.54) is 37.2 Å². The van der Waals surface area contributed by atoms with Crippen molar-refractivity contribution < 1.29 is 33.1 Å². The molecule has 3 amide bonds. The summed E-state index contributed by atoms with van der Waals surface area (Å²) in [5.41, 5.74) is 5.07. The number of hydrogen-bond donors (Lipinski definition) is 4. The summed E-state index contributed by atoms with van der Waals surface area (Å²) in [4.78, 5) is 68.2. The van der Waals surface area contributed by atoms with Crippen LogP contribution in [0.5, 0.6) is 0 Å². The number of aromatic nitrogens is 1. The first-order valence-electron chi connectivity index (χ1n) is 15.6. The van der Waals surface area contributed by atoms with Crippen molar-refractivity contribution in [2.75, 3.05) is 12.3 Å². The van der Waals surface area contributed by atoms with Gasteiger partial charge in [0, 0.05) is 12.2 Å². The highest BCUT2D eigenvalue weighted by atomic mass is 32.2. The van der Waals surface area contributed by atoms with Gasteiger partial charge in [-0.15, -0.1) is 0 Å². The third kappa shape index (κ3) is 14.4. The number of fused-ring (bicyclic) bond motifs is 2. The maximum Gasteiger partial charge on any atom is 0.329 e. The normalized spacial score (nSPS) is 19.2. The van der Waals surface area contributed by atoms with Crippen LogP contribution < -0.4 is 21.7 Å². The molecule has 0 radical (unpaired) electrons. The monoisotopic (exact) mass is 647 g/mol. The number of cyclic esters (lactones) is 1. The molecule has 0 saturated carbocycles. The third-order valence-corrected chi connectivity index (χ3v) is 7.91. The van der Waals surface area contributed by atoms with Crippen molar-refractivity contribution >= 4 is 40.6 Å². The number of ether oxygens (including phenoxy) is 1. The van der Waals surface area contributed by atoms with Gasteiger partial charge in [-0.05, 0) is 63.8 Å². The number of hydrogen-bond acceptors (Lipinski definition) is 9. The van der Waals surface area contributed by atoms with Gasteiger partial charge in [0.1, 0.15) is 17.8 Å². The molecule has 0 unspecified atom stereocenters. The van der Waals surface area contributed by atoms with Gasteiger partial charge in [-0.25, -0.2) is 14.2 Å². The molecule has 0 saturated heterocycles. The van der Waals surface area contributed by atoms with Crippen molar-refractivity contribution in [3.05, 3.63) is 53.3 Å². The van der Waals surface area contributed by atoms with E-state index in [0.29, 0.717) is 38.0 Å². The van der Waals surface area contributed by atoms with E-state index in [2.05, 4.69) is 27.9 Å². The fraction of sp³-hybridized carbons (Fsp3) is 0.562. The molecule has 1 aromatic rings. The highest BCUT2D eigenvalue weighted by Gasteiger charge is 2.28. The third-order valence-electron chi connectivity index (χ3n) is 6.94. The number of carbonyl (C=O) groups is 5. The van der Waals surface area contributed by atoms with Gasteiger partial charge < -0.3 is 26.4 Å². The number of nitrogens with zero attached hydrogens (tertiary/aromatic N) is 1. The number of nitrogens with two attached hydrogens (primary N) is 1. The molecule has 1 aliphatic rings. The van der Waals surface area contributed by atoms with E-state index in [1.807, 2.05) is 0 Å². The molecule has 11 nitrogen and oxygen atoms in total. The molecule has 0 aromatic carbocycles. The summed E-state index contributed by atoms with van der Waals surface area (Å²) >= 11 is 1.26. The number of esters is 1. The molecule has 2 bridgehead atoms. The predicted molar refractivity (Wildman–Crippen MR) is 171 cm³/mol. The SMILES string of the molecule is C/C=C1\NC(=O)c2nc(ccc2F)CNC(=O)C[C@@H](/C=C/CCSC(=O)CCCCCCC)OC(=O)[C@H](CCCCN)NC1=O. The molecule has 0 aliphatic carbocycles. The zero-order valence-corrected chi connectivity index (χ0v) is 27.0. The second kappa shape index (κ2) is 21.2. The molecule has 5 N–H and O–H groups in total. The number of nitrogens with one attached hydrogen (secondary N) is 3. The lowest BCUT2D eigenvalue weighted by Crippen LogP contribution is -2.46. The van der Waals surface area contributed by atoms with E-state index in [9.17, 15) is 28.4 Å². The Labute approximate surface area is 268 Å². The first kappa shape index (κ1) is 37.6.